The van der Waals surface area contributed by atoms with Crippen LogP contribution in [0.1, 0.15) is 68.3 Å². The van der Waals surface area contributed by atoms with Gasteiger partial charge in [-0.05, 0) is 88.8 Å². The number of anilines is 2. The lowest BCUT2D eigenvalue weighted by Crippen LogP contribution is -2.44. The van der Waals surface area contributed by atoms with Crippen molar-refractivity contribution in [2.24, 2.45) is 8.73 Å². The maximum atomic E-state index is 14.0. The van der Waals surface area contributed by atoms with E-state index in [4.69, 9.17) is 19.4 Å². The van der Waals surface area contributed by atoms with E-state index < -0.39 is 29.5 Å². The molecule has 70 heavy (non-hydrogen) atoms. The maximum Gasteiger partial charge on any atom is 0.269 e. The number of aryl methyl sites for hydroxylation is 1. The molecule has 6 aromatic heterocycles. The average Bonchev–Trinajstić information content (AvgIpc) is 4.25. The van der Waals surface area contributed by atoms with Crippen LogP contribution in [0, 0.1) is 6.92 Å². The molecule has 0 unspecified atom stereocenters. The van der Waals surface area contributed by atoms with Crippen LogP contribution in [0.3, 0.4) is 0 Å². The number of nitrogens with one attached hydrogen (secondary N) is 1. The van der Waals surface area contributed by atoms with Crippen LogP contribution < -0.4 is 9.80 Å². The van der Waals surface area contributed by atoms with Gasteiger partial charge in [0.05, 0.1) is 43.4 Å². The molecule has 0 amide bonds. The van der Waals surface area contributed by atoms with E-state index in [1.807, 2.05) is 25.1 Å². The highest BCUT2D eigenvalue weighted by Crippen LogP contribution is 2.45. The molecule has 21 heteroatoms. The van der Waals surface area contributed by atoms with Crippen LogP contribution in [0.15, 0.2) is 86.7 Å². The van der Waals surface area contributed by atoms with Crippen molar-refractivity contribution < 1.29 is 26.3 Å². The Labute approximate surface area is 409 Å². The Bertz CT molecular complexity index is 3500. The monoisotopic (exact) mass is 1010 g/mol. The molecule has 0 spiro atoms. The summed E-state index contributed by atoms with van der Waals surface area (Å²) in [6, 6.07) is 18.5. The summed E-state index contributed by atoms with van der Waals surface area (Å²) in [5.41, 5.74) is 5.64. The number of aromatic amines is 1. The fourth-order valence-electron chi connectivity index (χ4n) is 8.94. The van der Waals surface area contributed by atoms with Gasteiger partial charge < -0.3 is 24.3 Å². The van der Waals surface area contributed by atoms with Crippen molar-refractivity contribution in [3.63, 3.8) is 0 Å². The molecule has 4 fully saturated rings. The molecule has 2 saturated carbocycles. The van der Waals surface area contributed by atoms with Gasteiger partial charge in [0.25, 0.3) is 10.0 Å². The summed E-state index contributed by atoms with van der Waals surface area (Å²) in [6.07, 6.45) is 14.0. The lowest BCUT2D eigenvalue weighted by atomic mass is 10.1. The smallest absolute Gasteiger partial charge is 0.269 e. The van der Waals surface area contributed by atoms with Crippen molar-refractivity contribution in [1.29, 1.82) is 0 Å². The Morgan fingerprint density at radius 1 is 0.643 bits per heavy atom. The Kier molecular flexibility index (Phi) is 12.8. The van der Waals surface area contributed by atoms with Gasteiger partial charge in [0.15, 0.2) is 28.9 Å². The van der Waals surface area contributed by atoms with Gasteiger partial charge in [-0.2, -0.15) is 8.73 Å². The molecule has 0 bridgehead atoms. The molecule has 1 N–H and O–H groups in total. The summed E-state index contributed by atoms with van der Waals surface area (Å²) in [6.45, 7) is 9.91. The third-order valence-corrected chi connectivity index (χ3v) is 15.6. The Morgan fingerprint density at radius 2 is 1.17 bits per heavy atom. The van der Waals surface area contributed by atoms with Crippen LogP contribution in [-0.4, -0.2) is 132 Å². The highest BCUT2D eigenvalue weighted by Gasteiger charge is 2.35. The average molecular weight is 1010 g/mol. The minimum atomic E-state index is -3.90. The van der Waals surface area contributed by atoms with E-state index in [-0.39, 0.29) is 22.9 Å². The molecule has 1 aromatic carbocycles. The van der Waals surface area contributed by atoms with Gasteiger partial charge >= 0.3 is 0 Å². The van der Waals surface area contributed by atoms with E-state index in [9.17, 15) is 16.8 Å². The summed E-state index contributed by atoms with van der Waals surface area (Å²) < 4.78 is 74.3. The number of morpholine rings is 2. The predicted molar refractivity (Wildman–Crippen MR) is 275 cm³/mol. The number of benzene rings is 1. The van der Waals surface area contributed by atoms with Gasteiger partial charge in [-0.15, -0.1) is 0 Å². The number of aromatic nitrogens is 8. The number of fused-ring (bicyclic) bond motifs is 2. The second-order valence-corrected chi connectivity index (χ2v) is 26.1. The van der Waals surface area contributed by atoms with E-state index in [0.29, 0.717) is 90.3 Å². The Balaban J connectivity index is 0.000000169. The zero-order valence-corrected chi connectivity index (χ0v) is 42.9. The fraction of sp³-hybridized carbons (Fsp3) is 0.429. The SMILES string of the molecule is C[C@@H]1COCCN1c1cc(N=S(C)(C)=O)nc(-c2ccnc3[nH]c(C4CC4)cc23)n1.Cc1ccc(S(=O)(=O)n2c(C3CC3)cc3c(-c4nc(N=S(C)(C)=O)cc(N5CCOC[C@H]5C)n4)ccnc32)cc1. The first-order valence-corrected chi connectivity index (χ1v) is 29.6. The molecule has 368 valence electrons. The van der Waals surface area contributed by atoms with Crippen LogP contribution in [-0.2, 0) is 39.0 Å². The van der Waals surface area contributed by atoms with E-state index in [2.05, 4.69) is 63.4 Å². The molecule has 7 aromatic rings. The molecular formula is C49H58N12O6S3. The molecule has 0 radical (unpaired) electrons. The van der Waals surface area contributed by atoms with Crippen molar-refractivity contribution in [1.82, 2.24) is 38.9 Å². The van der Waals surface area contributed by atoms with Crippen LogP contribution in [0.4, 0.5) is 23.3 Å². The summed E-state index contributed by atoms with van der Waals surface area (Å²) in [4.78, 5) is 36.2. The number of rotatable bonds is 10. The quantitative estimate of drug-likeness (QED) is 0.138. The summed E-state index contributed by atoms with van der Waals surface area (Å²) in [7, 11) is -8.75. The molecule has 2 saturated heterocycles. The number of pyridine rings is 2. The van der Waals surface area contributed by atoms with Crippen molar-refractivity contribution in [2.75, 3.05) is 74.3 Å². The maximum absolute atomic E-state index is 14.0. The second kappa shape index (κ2) is 18.7. The van der Waals surface area contributed by atoms with Crippen molar-refractivity contribution in [3.8, 4) is 22.8 Å². The van der Waals surface area contributed by atoms with E-state index in [1.54, 1.807) is 73.8 Å². The van der Waals surface area contributed by atoms with Crippen molar-refractivity contribution in [2.45, 2.75) is 75.3 Å². The second-order valence-electron chi connectivity index (χ2n) is 19.2. The zero-order chi connectivity index (χ0) is 49.1. The first-order chi connectivity index (χ1) is 33.4. The number of ether oxygens (including phenoxy) is 2. The predicted octanol–water partition coefficient (Wildman–Crippen LogP) is 7.98. The molecule has 8 heterocycles. The molecule has 2 aliphatic carbocycles. The van der Waals surface area contributed by atoms with E-state index in [0.717, 1.165) is 47.4 Å². The van der Waals surface area contributed by atoms with Gasteiger partial charge in [0.2, 0.25) is 0 Å². The molecule has 11 rings (SSSR count). The Hall–Kier alpha value is -5.87. The lowest BCUT2D eigenvalue weighted by molar-refractivity contribution is 0.0985. The Morgan fingerprint density at radius 3 is 1.69 bits per heavy atom. The number of hydrogen-bond acceptors (Lipinski definition) is 16. The highest BCUT2D eigenvalue weighted by atomic mass is 32.2. The number of H-pyrrole nitrogens is 1. The van der Waals surface area contributed by atoms with Crippen molar-refractivity contribution in [3.05, 3.63) is 90.0 Å². The largest absolute Gasteiger partial charge is 0.377 e. The van der Waals surface area contributed by atoms with Crippen LogP contribution in [0.2, 0.25) is 0 Å². The van der Waals surface area contributed by atoms with E-state index in [1.165, 1.54) is 22.5 Å². The summed E-state index contributed by atoms with van der Waals surface area (Å²) in [5.74, 6) is 3.87. The fourth-order valence-corrected chi connectivity index (χ4v) is 11.6. The first kappa shape index (κ1) is 47.8. The van der Waals surface area contributed by atoms with Gasteiger partial charge in [0, 0.05) is 121 Å². The molecule has 4 aliphatic rings. The van der Waals surface area contributed by atoms with Crippen molar-refractivity contribution >= 4 is 74.8 Å². The van der Waals surface area contributed by atoms with Gasteiger partial charge in [0.1, 0.15) is 17.3 Å². The lowest BCUT2D eigenvalue weighted by Gasteiger charge is -2.34. The molecular weight excluding hydrogens is 949 g/mol. The van der Waals surface area contributed by atoms with Crippen LogP contribution in [0.25, 0.3) is 44.8 Å². The standard InChI is InChI=1S/C28H32N6O4S2.C21H26N6O2S/c1-18-5-9-21(10-6-18)40(36,37)34-24(20-7-8-20)15-23-22(11-12-29-28(23)34)27-30-25(32-39(3,4)35)16-26(31-27)33-13-14-38-17-19(33)2;1-13-12-29-9-8-27(13)19-11-18(26-30(2,3)28)24-21(25-19)15-6-7-22-20-16(15)10-17(23-20)14-4-5-14/h5-6,9-12,15-16,19-20H,7-8,13-14,17H2,1-4H3;6-7,10-11,13-14H,4-5,8-9,12H2,1-3H3,(H,22,23)/t19-;13-/m11/s1. The number of nitrogens with zero attached hydrogens (tertiary/aromatic N) is 11. The third kappa shape index (κ3) is 10.3. The zero-order valence-electron chi connectivity index (χ0n) is 40.4. The topological polar surface area (TPSA) is 216 Å². The molecule has 2 atom stereocenters. The number of hydrogen-bond donors (Lipinski definition) is 1. The van der Waals surface area contributed by atoms with Crippen LogP contribution >= 0.6 is 0 Å². The van der Waals surface area contributed by atoms with Gasteiger partial charge in [-0.3, -0.25) is 0 Å². The third-order valence-electron chi connectivity index (χ3n) is 12.6. The summed E-state index contributed by atoms with van der Waals surface area (Å²) in [5, 5.41) is 1.65. The summed E-state index contributed by atoms with van der Waals surface area (Å²) >= 11 is 0. The first-order valence-electron chi connectivity index (χ1n) is 23.5. The van der Waals surface area contributed by atoms with Gasteiger partial charge in [-0.25, -0.2) is 50.7 Å². The minimum Gasteiger partial charge on any atom is -0.377 e. The highest BCUT2D eigenvalue weighted by molar-refractivity contribution is 7.92. The van der Waals surface area contributed by atoms with Gasteiger partial charge in [-0.1, -0.05) is 17.7 Å². The van der Waals surface area contributed by atoms with Crippen LogP contribution in [0.5, 0.6) is 0 Å². The molecule has 2 aliphatic heterocycles. The molecule has 18 nitrogen and oxygen atoms in total. The minimum absolute atomic E-state index is 0.0802. The van der Waals surface area contributed by atoms with E-state index >= 15 is 0 Å². The normalized spacial score (nSPS) is 19.0.